The molecule has 3 nitrogen and oxygen atoms in total. The van der Waals surface area contributed by atoms with Crippen LogP contribution in [0.15, 0.2) is 59.1 Å². The van der Waals surface area contributed by atoms with Gasteiger partial charge in [-0.05, 0) is 29.8 Å². The number of benzene rings is 2. The van der Waals surface area contributed by atoms with Crippen LogP contribution in [0.2, 0.25) is 0 Å². The van der Waals surface area contributed by atoms with Gasteiger partial charge in [0.15, 0.2) is 6.10 Å². The fraction of sp³-hybridized carbons (Fsp3) is 0.188. The Morgan fingerprint density at radius 1 is 1.10 bits per heavy atom. The van der Waals surface area contributed by atoms with Crippen LogP contribution in [0.1, 0.15) is 5.56 Å². The van der Waals surface area contributed by atoms with Crippen LogP contribution in [0.4, 0.5) is 0 Å². The molecule has 2 aromatic rings. The van der Waals surface area contributed by atoms with Crippen molar-refractivity contribution in [3.63, 3.8) is 0 Å². The normalized spacial score (nSPS) is 11.7. The highest BCUT2D eigenvalue weighted by atomic mass is 79.9. The third-order valence-electron chi connectivity index (χ3n) is 2.82. The third kappa shape index (κ3) is 4.10. The molecule has 0 heterocycles. The summed E-state index contributed by atoms with van der Waals surface area (Å²) in [4.78, 5) is 11.8. The number of esters is 1. The topological polar surface area (TPSA) is 35.5 Å². The zero-order chi connectivity index (χ0) is 14.4. The van der Waals surface area contributed by atoms with Gasteiger partial charge in [0.1, 0.15) is 5.75 Å². The fourth-order valence-electron chi connectivity index (χ4n) is 1.81. The maximum absolute atomic E-state index is 11.8. The second kappa shape index (κ2) is 7.10. The van der Waals surface area contributed by atoms with Crippen LogP contribution < -0.4 is 4.74 Å². The Bertz CT molecular complexity index is 552. The van der Waals surface area contributed by atoms with Crippen LogP contribution in [0, 0.1) is 0 Å². The van der Waals surface area contributed by atoms with Gasteiger partial charge in [0.25, 0.3) is 0 Å². The van der Waals surface area contributed by atoms with Crippen LogP contribution in [0.3, 0.4) is 0 Å². The molecule has 2 rings (SSSR count). The van der Waals surface area contributed by atoms with Gasteiger partial charge in [0.05, 0.1) is 7.11 Å². The van der Waals surface area contributed by atoms with E-state index in [9.17, 15) is 4.79 Å². The molecule has 0 N–H and O–H groups in total. The number of ether oxygens (including phenoxy) is 2. The molecular weight excluding hydrogens is 320 g/mol. The zero-order valence-corrected chi connectivity index (χ0v) is 12.7. The molecule has 4 heteroatoms. The predicted molar refractivity (Wildman–Crippen MR) is 80.7 cm³/mol. The second-order valence-corrected chi connectivity index (χ2v) is 5.19. The third-order valence-corrected chi connectivity index (χ3v) is 3.35. The molecule has 0 unspecified atom stereocenters. The lowest BCUT2D eigenvalue weighted by Gasteiger charge is -2.17. The lowest BCUT2D eigenvalue weighted by Crippen LogP contribution is -2.30. The molecule has 20 heavy (non-hydrogen) atoms. The van der Waals surface area contributed by atoms with Crippen LogP contribution in [-0.4, -0.2) is 19.2 Å². The average Bonchev–Trinajstić information content (AvgIpc) is 2.49. The lowest BCUT2D eigenvalue weighted by molar-refractivity contribution is -0.148. The summed E-state index contributed by atoms with van der Waals surface area (Å²) in [6.45, 7) is 0. The molecule has 0 aromatic heterocycles. The van der Waals surface area contributed by atoms with Crippen molar-refractivity contribution < 1.29 is 14.3 Å². The molecule has 1 atom stereocenters. The Hall–Kier alpha value is -1.81. The maximum Gasteiger partial charge on any atom is 0.347 e. The molecule has 0 spiro atoms. The smallest absolute Gasteiger partial charge is 0.347 e. The number of methoxy groups -OCH3 is 1. The minimum atomic E-state index is -0.649. The summed E-state index contributed by atoms with van der Waals surface area (Å²) in [6, 6.07) is 17.1. The van der Waals surface area contributed by atoms with E-state index >= 15 is 0 Å². The molecule has 0 fully saturated rings. The van der Waals surface area contributed by atoms with Gasteiger partial charge in [-0.25, -0.2) is 4.79 Å². The van der Waals surface area contributed by atoms with E-state index in [1.54, 1.807) is 0 Å². The molecule has 0 bridgehead atoms. The minimum absolute atomic E-state index is 0.378. The number of rotatable bonds is 5. The van der Waals surface area contributed by atoms with Crippen LogP contribution in [0.25, 0.3) is 0 Å². The molecular formula is C16H15BrO3. The van der Waals surface area contributed by atoms with E-state index in [1.165, 1.54) is 7.11 Å². The summed E-state index contributed by atoms with van der Waals surface area (Å²) in [7, 11) is 1.37. The van der Waals surface area contributed by atoms with E-state index in [1.807, 2.05) is 54.6 Å². The van der Waals surface area contributed by atoms with Crippen LogP contribution in [-0.2, 0) is 16.0 Å². The number of carbonyl (C=O) groups is 1. The van der Waals surface area contributed by atoms with E-state index in [2.05, 4.69) is 15.9 Å². The van der Waals surface area contributed by atoms with Gasteiger partial charge in [0, 0.05) is 10.9 Å². The van der Waals surface area contributed by atoms with Gasteiger partial charge in [-0.15, -0.1) is 0 Å². The Balaban J connectivity index is 2.11. The van der Waals surface area contributed by atoms with Crippen molar-refractivity contribution in [3.05, 3.63) is 64.6 Å². The van der Waals surface area contributed by atoms with Crippen molar-refractivity contribution in [3.8, 4) is 5.75 Å². The quantitative estimate of drug-likeness (QED) is 0.783. The van der Waals surface area contributed by atoms with Gasteiger partial charge in [-0.1, -0.05) is 46.3 Å². The molecule has 0 aliphatic rings. The SMILES string of the molecule is COC(=O)[C@@H](Cc1ccccc1)Oc1ccc(Br)cc1. The maximum atomic E-state index is 11.8. The van der Waals surface area contributed by atoms with Gasteiger partial charge >= 0.3 is 5.97 Å². The predicted octanol–water partition coefficient (Wildman–Crippen LogP) is 3.61. The number of hydrogen-bond donors (Lipinski definition) is 0. The number of halogens is 1. The fourth-order valence-corrected chi connectivity index (χ4v) is 2.07. The van der Waals surface area contributed by atoms with Crippen molar-refractivity contribution in [1.82, 2.24) is 0 Å². The molecule has 0 aliphatic heterocycles. The van der Waals surface area contributed by atoms with E-state index in [4.69, 9.17) is 9.47 Å². The summed E-state index contributed by atoms with van der Waals surface area (Å²) in [5, 5.41) is 0. The minimum Gasteiger partial charge on any atom is -0.478 e. The summed E-state index contributed by atoms with van der Waals surface area (Å²) < 4.78 is 11.5. The van der Waals surface area contributed by atoms with Gasteiger partial charge in [-0.3, -0.25) is 0 Å². The Morgan fingerprint density at radius 2 is 1.75 bits per heavy atom. The van der Waals surface area contributed by atoms with Crippen molar-refractivity contribution >= 4 is 21.9 Å². The van der Waals surface area contributed by atoms with Gasteiger partial charge in [-0.2, -0.15) is 0 Å². The molecule has 0 saturated carbocycles. The van der Waals surface area contributed by atoms with Crippen molar-refractivity contribution in [2.75, 3.05) is 7.11 Å². The Labute approximate surface area is 126 Å². The summed E-state index contributed by atoms with van der Waals surface area (Å²) >= 11 is 3.36. The second-order valence-electron chi connectivity index (χ2n) is 4.27. The van der Waals surface area contributed by atoms with Crippen molar-refractivity contribution in [2.24, 2.45) is 0 Å². The summed E-state index contributed by atoms with van der Waals surface area (Å²) in [6.07, 6.45) is -0.174. The molecule has 0 amide bonds. The first kappa shape index (κ1) is 14.6. The summed E-state index contributed by atoms with van der Waals surface area (Å²) in [5.74, 6) is 0.260. The molecule has 0 saturated heterocycles. The zero-order valence-electron chi connectivity index (χ0n) is 11.1. The Kier molecular flexibility index (Phi) is 5.18. The first-order valence-corrected chi connectivity index (χ1v) is 7.02. The number of hydrogen-bond acceptors (Lipinski definition) is 3. The average molecular weight is 335 g/mol. The first-order chi connectivity index (χ1) is 9.69. The van der Waals surface area contributed by atoms with Gasteiger partial charge in [0.2, 0.25) is 0 Å². The highest BCUT2D eigenvalue weighted by Crippen LogP contribution is 2.19. The van der Waals surface area contributed by atoms with Crippen molar-refractivity contribution in [2.45, 2.75) is 12.5 Å². The van der Waals surface area contributed by atoms with Crippen LogP contribution in [0.5, 0.6) is 5.75 Å². The summed E-state index contributed by atoms with van der Waals surface area (Å²) in [5.41, 5.74) is 1.03. The molecule has 104 valence electrons. The molecule has 2 aromatic carbocycles. The number of carbonyl (C=O) groups excluding carboxylic acids is 1. The van der Waals surface area contributed by atoms with Crippen molar-refractivity contribution in [1.29, 1.82) is 0 Å². The van der Waals surface area contributed by atoms with E-state index in [0.29, 0.717) is 12.2 Å². The lowest BCUT2D eigenvalue weighted by atomic mass is 10.1. The van der Waals surface area contributed by atoms with Gasteiger partial charge < -0.3 is 9.47 Å². The van der Waals surface area contributed by atoms with E-state index in [0.717, 1.165) is 10.0 Å². The molecule has 0 radical (unpaired) electrons. The largest absolute Gasteiger partial charge is 0.478 e. The Morgan fingerprint density at radius 3 is 2.35 bits per heavy atom. The first-order valence-electron chi connectivity index (χ1n) is 6.23. The van der Waals surface area contributed by atoms with E-state index in [-0.39, 0.29) is 5.97 Å². The van der Waals surface area contributed by atoms with E-state index < -0.39 is 6.10 Å². The van der Waals surface area contributed by atoms with Crippen LogP contribution >= 0.6 is 15.9 Å². The standard InChI is InChI=1S/C16H15BrO3/c1-19-16(18)15(11-12-5-3-2-4-6-12)20-14-9-7-13(17)8-10-14/h2-10,15H,11H2,1H3/t15-/m1/s1. The monoisotopic (exact) mass is 334 g/mol. The molecule has 0 aliphatic carbocycles. The highest BCUT2D eigenvalue weighted by Gasteiger charge is 2.21. The highest BCUT2D eigenvalue weighted by molar-refractivity contribution is 9.10.